The number of hydrogen-bond donors (Lipinski definition) is 1. The van der Waals surface area contributed by atoms with Gasteiger partial charge in [-0.1, -0.05) is 29.3 Å². The summed E-state index contributed by atoms with van der Waals surface area (Å²) >= 11 is 3.45. The lowest BCUT2D eigenvalue weighted by molar-refractivity contribution is 0.566. The van der Waals surface area contributed by atoms with Crippen LogP contribution in [0.3, 0.4) is 0 Å². The van der Waals surface area contributed by atoms with E-state index >= 15 is 0 Å². The maximum Gasteiger partial charge on any atom is 0.0301 e. The van der Waals surface area contributed by atoms with E-state index in [0.717, 1.165) is 0 Å². The van der Waals surface area contributed by atoms with Crippen LogP contribution in [0.5, 0.6) is 0 Å². The van der Waals surface area contributed by atoms with Gasteiger partial charge in [0.2, 0.25) is 0 Å². The summed E-state index contributed by atoms with van der Waals surface area (Å²) in [7, 11) is 0. The molecule has 0 bridgehead atoms. The van der Waals surface area contributed by atoms with E-state index in [9.17, 15) is 0 Å². The van der Waals surface area contributed by atoms with Gasteiger partial charge < -0.3 is 5.32 Å². The first-order chi connectivity index (χ1) is 4.33. The van der Waals surface area contributed by atoms with E-state index in [1.165, 1.54) is 23.7 Å². The van der Waals surface area contributed by atoms with Crippen LogP contribution >= 0.6 is 15.9 Å². The third-order valence-corrected chi connectivity index (χ3v) is 2.11. The molecule has 1 atom stereocenters. The number of halogens is 1. The number of hydrogen-bond acceptors (Lipinski definition) is 1. The lowest BCUT2D eigenvalue weighted by Crippen LogP contribution is -2.17. The summed E-state index contributed by atoms with van der Waals surface area (Å²) in [5.74, 6) is 0. The standard InChI is InChI=1S/C7H12BrN/c1-2-3-7-4-6(8)5-9-7/h5,7,9H,2-4H2,1H3. The van der Waals surface area contributed by atoms with E-state index in [0.29, 0.717) is 6.04 Å². The van der Waals surface area contributed by atoms with E-state index in [1.807, 2.05) is 0 Å². The molecule has 0 amide bonds. The molecule has 9 heavy (non-hydrogen) atoms. The Hall–Kier alpha value is 0.0200. The molecule has 0 saturated heterocycles. The molecule has 2 heteroatoms. The fourth-order valence-corrected chi connectivity index (χ4v) is 1.62. The van der Waals surface area contributed by atoms with Crippen molar-refractivity contribution >= 4 is 15.9 Å². The zero-order chi connectivity index (χ0) is 6.69. The smallest absolute Gasteiger partial charge is 0.0301 e. The molecule has 1 aliphatic heterocycles. The van der Waals surface area contributed by atoms with Gasteiger partial charge in [-0.15, -0.1) is 0 Å². The van der Waals surface area contributed by atoms with E-state index in [2.05, 4.69) is 34.4 Å². The highest BCUT2D eigenvalue weighted by Gasteiger charge is 2.12. The molecule has 0 aromatic heterocycles. The molecule has 1 nitrogen and oxygen atoms in total. The molecule has 1 N–H and O–H groups in total. The van der Waals surface area contributed by atoms with Gasteiger partial charge in [0.1, 0.15) is 0 Å². The molecule has 0 aromatic rings. The second-order valence-corrected chi connectivity index (χ2v) is 3.47. The summed E-state index contributed by atoms with van der Waals surface area (Å²) in [6.45, 7) is 2.22. The Morgan fingerprint density at radius 2 is 2.67 bits per heavy atom. The number of nitrogens with one attached hydrogen (secondary N) is 1. The lowest BCUT2D eigenvalue weighted by Gasteiger charge is -2.07. The summed E-state index contributed by atoms with van der Waals surface area (Å²) in [4.78, 5) is 0. The second kappa shape index (κ2) is 3.25. The molecule has 0 fully saturated rings. The van der Waals surface area contributed by atoms with Crippen LogP contribution in [0.2, 0.25) is 0 Å². The van der Waals surface area contributed by atoms with Crippen LogP contribution in [0, 0.1) is 0 Å². The SMILES string of the molecule is CCCC1CC(Br)=CN1. The quantitative estimate of drug-likeness (QED) is 0.704. The first-order valence-corrected chi connectivity index (χ1v) is 4.23. The molecule has 0 radical (unpaired) electrons. The summed E-state index contributed by atoms with van der Waals surface area (Å²) in [5.41, 5.74) is 0. The highest BCUT2D eigenvalue weighted by molar-refractivity contribution is 9.11. The molecule has 0 saturated carbocycles. The van der Waals surface area contributed by atoms with Gasteiger partial charge in [-0.3, -0.25) is 0 Å². The average Bonchev–Trinajstić information content (AvgIpc) is 2.17. The first kappa shape index (κ1) is 7.13. The van der Waals surface area contributed by atoms with Gasteiger partial charge in [-0.05, 0) is 6.42 Å². The maximum atomic E-state index is 3.45. The van der Waals surface area contributed by atoms with Crippen molar-refractivity contribution in [2.75, 3.05) is 0 Å². The van der Waals surface area contributed by atoms with Gasteiger partial charge in [0.05, 0.1) is 0 Å². The fraction of sp³-hybridized carbons (Fsp3) is 0.714. The molecule has 0 aliphatic carbocycles. The van der Waals surface area contributed by atoms with Crippen molar-refractivity contribution in [3.63, 3.8) is 0 Å². The predicted molar refractivity (Wildman–Crippen MR) is 43.5 cm³/mol. The van der Waals surface area contributed by atoms with Crippen molar-refractivity contribution in [2.45, 2.75) is 32.2 Å². The van der Waals surface area contributed by atoms with E-state index in [4.69, 9.17) is 0 Å². The Labute approximate surface area is 64.7 Å². The van der Waals surface area contributed by atoms with Crippen LogP contribution in [-0.4, -0.2) is 6.04 Å². The van der Waals surface area contributed by atoms with E-state index in [1.54, 1.807) is 0 Å². The van der Waals surface area contributed by atoms with Crippen molar-refractivity contribution in [1.29, 1.82) is 0 Å². The van der Waals surface area contributed by atoms with Gasteiger partial charge >= 0.3 is 0 Å². The zero-order valence-corrected chi connectivity index (χ0v) is 7.24. The molecule has 1 rings (SSSR count). The van der Waals surface area contributed by atoms with Gasteiger partial charge in [-0.2, -0.15) is 0 Å². The van der Waals surface area contributed by atoms with Crippen molar-refractivity contribution in [2.24, 2.45) is 0 Å². The van der Waals surface area contributed by atoms with Crippen LogP contribution in [0.15, 0.2) is 10.7 Å². The van der Waals surface area contributed by atoms with Crippen LogP contribution in [0.25, 0.3) is 0 Å². The second-order valence-electron chi connectivity index (χ2n) is 2.45. The molecular formula is C7H12BrN. The molecule has 1 unspecified atom stereocenters. The van der Waals surface area contributed by atoms with Crippen LogP contribution < -0.4 is 5.32 Å². The van der Waals surface area contributed by atoms with Gasteiger partial charge in [0, 0.05) is 23.1 Å². The molecule has 0 spiro atoms. The fourth-order valence-electron chi connectivity index (χ4n) is 1.10. The largest absolute Gasteiger partial charge is 0.387 e. The van der Waals surface area contributed by atoms with Gasteiger partial charge in [0.25, 0.3) is 0 Å². The summed E-state index contributed by atoms with van der Waals surface area (Å²) in [6, 6.07) is 0.698. The van der Waals surface area contributed by atoms with Gasteiger partial charge in [-0.25, -0.2) is 0 Å². The minimum atomic E-state index is 0.698. The highest BCUT2D eigenvalue weighted by Crippen LogP contribution is 2.20. The van der Waals surface area contributed by atoms with Crippen LogP contribution in [0.4, 0.5) is 0 Å². The third kappa shape index (κ3) is 2.01. The van der Waals surface area contributed by atoms with Crippen molar-refractivity contribution in [1.82, 2.24) is 5.32 Å². The van der Waals surface area contributed by atoms with Crippen molar-refractivity contribution < 1.29 is 0 Å². The summed E-state index contributed by atoms with van der Waals surface area (Å²) < 4.78 is 1.31. The molecule has 1 aliphatic rings. The Bertz CT molecular complexity index is 120. The normalized spacial score (nSPS) is 25.6. The van der Waals surface area contributed by atoms with Crippen LogP contribution in [-0.2, 0) is 0 Å². The number of rotatable bonds is 2. The van der Waals surface area contributed by atoms with Crippen molar-refractivity contribution in [3.8, 4) is 0 Å². The van der Waals surface area contributed by atoms with Crippen molar-refractivity contribution in [3.05, 3.63) is 10.7 Å². The summed E-state index contributed by atoms with van der Waals surface area (Å²) in [6.07, 6.45) is 5.78. The first-order valence-electron chi connectivity index (χ1n) is 3.43. The van der Waals surface area contributed by atoms with Crippen LogP contribution in [0.1, 0.15) is 26.2 Å². The molecule has 0 aromatic carbocycles. The Morgan fingerprint density at radius 1 is 1.89 bits per heavy atom. The monoisotopic (exact) mass is 189 g/mol. The lowest BCUT2D eigenvalue weighted by atomic mass is 10.1. The van der Waals surface area contributed by atoms with Gasteiger partial charge in [0.15, 0.2) is 0 Å². The molecule has 52 valence electrons. The minimum absolute atomic E-state index is 0.698. The maximum absolute atomic E-state index is 3.45. The highest BCUT2D eigenvalue weighted by atomic mass is 79.9. The minimum Gasteiger partial charge on any atom is -0.387 e. The zero-order valence-electron chi connectivity index (χ0n) is 5.65. The third-order valence-electron chi connectivity index (χ3n) is 1.55. The Morgan fingerprint density at radius 3 is 3.11 bits per heavy atom. The molecule has 1 heterocycles. The molecular weight excluding hydrogens is 178 g/mol. The summed E-state index contributed by atoms with van der Waals surface area (Å²) in [5, 5.41) is 3.30. The Balaban J connectivity index is 2.21. The van der Waals surface area contributed by atoms with E-state index < -0.39 is 0 Å². The predicted octanol–water partition coefficient (Wildman–Crippen LogP) is 2.38. The van der Waals surface area contributed by atoms with E-state index in [-0.39, 0.29) is 0 Å². The topological polar surface area (TPSA) is 12.0 Å². The Kier molecular flexibility index (Phi) is 2.58. The average molecular weight is 190 g/mol.